The van der Waals surface area contributed by atoms with Gasteiger partial charge in [-0.05, 0) is 54.0 Å². The number of primary sulfonamides is 1. The van der Waals surface area contributed by atoms with Crippen LogP contribution in [0, 0.1) is 0 Å². The van der Waals surface area contributed by atoms with Crippen molar-refractivity contribution < 1.29 is 13.6 Å². The molecule has 11 heteroatoms. The molecule has 1 aromatic carbocycles. The zero-order chi connectivity index (χ0) is 18.6. The molecule has 0 saturated carbocycles. The van der Waals surface area contributed by atoms with E-state index < -0.39 is 10.0 Å². The summed E-state index contributed by atoms with van der Waals surface area (Å²) >= 11 is 3.35. The summed E-state index contributed by atoms with van der Waals surface area (Å²) in [5.74, 6) is 0.814. The standard InChI is InChI=1S/C14H17BrN6O3S/c1-8(9(2)21-22)18-13-12(15)7-17-14(20-13)19-10-3-5-11(6-4-10)25(16,23)24/h3-8,22H,1-2H3,(H2,16,23,24)(H2,17,18,19,20). The highest BCUT2D eigenvalue weighted by Gasteiger charge is 2.12. The second kappa shape index (κ2) is 7.76. The fourth-order valence-corrected chi connectivity index (χ4v) is 2.60. The van der Waals surface area contributed by atoms with E-state index in [1.807, 2.05) is 6.92 Å². The molecule has 25 heavy (non-hydrogen) atoms. The monoisotopic (exact) mass is 428 g/mol. The Kier molecular flexibility index (Phi) is 5.93. The second-order valence-electron chi connectivity index (χ2n) is 5.19. The maximum absolute atomic E-state index is 11.3. The van der Waals surface area contributed by atoms with Crippen molar-refractivity contribution in [3.8, 4) is 0 Å². The molecule has 0 saturated heterocycles. The SMILES string of the molecule is CC(=NO)C(C)Nc1nc(Nc2ccc(S(N)(=O)=O)cc2)ncc1Br. The molecule has 5 N–H and O–H groups in total. The van der Waals surface area contributed by atoms with Crippen LogP contribution >= 0.6 is 15.9 Å². The number of hydrogen-bond acceptors (Lipinski definition) is 8. The minimum absolute atomic E-state index is 0.0183. The maximum Gasteiger partial charge on any atom is 0.238 e. The molecule has 134 valence electrons. The van der Waals surface area contributed by atoms with Crippen molar-refractivity contribution in [3.63, 3.8) is 0 Å². The first-order valence-corrected chi connectivity index (χ1v) is 9.42. The molecular formula is C14H17BrN6O3S. The van der Waals surface area contributed by atoms with Crippen molar-refractivity contribution in [1.82, 2.24) is 9.97 Å². The molecule has 0 amide bonds. The Morgan fingerprint density at radius 1 is 1.36 bits per heavy atom. The lowest BCUT2D eigenvalue weighted by Gasteiger charge is -2.15. The Labute approximate surface area is 153 Å². The summed E-state index contributed by atoms with van der Waals surface area (Å²) in [5.41, 5.74) is 1.10. The van der Waals surface area contributed by atoms with Crippen LogP contribution in [0.2, 0.25) is 0 Å². The molecule has 0 aliphatic carbocycles. The van der Waals surface area contributed by atoms with Crippen LogP contribution in [0.4, 0.5) is 17.5 Å². The number of halogens is 1. The van der Waals surface area contributed by atoms with Gasteiger partial charge in [-0.2, -0.15) is 4.98 Å². The Bertz CT molecular complexity index is 886. The van der Waals surface area contributed by atoms with E-state index in [4.69, 9.17) is 10.3 Å². The van der Waals surface area contributed by atoms with Crippen LogP contribution < -0.4 is 15.8 Å². The van der Waals surface area contributed by atoms with Crippen LogP contribution in [0.3, 0.4) is 0 Å². The molecule has 0 bridgehead atoms. The zero-order valence-electron chi connectivity index (χ0n) is 13.4. The van der Waals surface area contributed by atoms with E-state index in [0.29, 0.717) is 27.6 Å². The smallest absolute Gasteiger partial charge is 0.238 e. The Hall–Kier alpha value is -2.24. The van der Waals surface area contributed by atoms with Crippen LogP contribution in [0.15, 0.2) is 45.0 Å². The lowest BCUT2D eigenvalue weighted by molar-refractivity contribution is 0.317. The first kappa shape index (κ1) is 19.1. The molecule has 0 spiro atoms. The summed E-state index contributed by atoms with van der Waals surface area (Å²) in [6, 6.07) is 5.66. The lowest BCUT2D eigenvalue weighted by Crippen LogP contribution is -2.24. The molecule has 1 aromatic heterocycles. The van der Waals surface area contributed by atoms with Gasteiger partial charge in [0.1, 0.15) is 5.82 Å². The summed E-state index contributed by atoms with van der Waals surface area (Å²) in [6.07, 6.45) is 1.56. The highest BCUT2D eigenvalue weighted by atomic mass is 79.9. The van der Waals surface area contributed by atoms with Crippen molar-refractivity contribution >= 4 is 49.1 Å². The van der Waals surface area contributed by atoms with Crippen LogP contribution in [-0.4, -0.2) is 35.3 Å². The molecule has 2 aromatic rings. The fraction of sp³-hybridized carbons (Fsp3) is 0.214. The number of rotatable bonds is 6. The Morgan fingerprint density at radius 3 is 2.56 bits per heavy atom. The van der Waals surface area contributed by atoms with Crippen LogP contribution in [0.1, 0.15) is 13.8 Å². The van der Waals surface area contributed by atoms with Crippen molar-refractivity contribution in [1.29, 1.82) is 0 Å². The van der Waals surface area contributed by atoms with Crippen LogP contribution in [0.5, 0.6) is 0 Å². The van der Waals surface area contributed by atoms with E-state index >= 15 is 0 Å². The van der Waals surface area contributed by atoms with Gasteiger partial charge < -0.3 is 15.8 Å². The average molecular weight is 429 g/mol. The molecule has 0 aliphatic rings. The minimum Gasteiger partial charge on any atom is -0.411 e. The molecule has 1 unspecified atom stereocenters. The topological polar surface area (TPSA) is 143 Å². The molecule has 0 fully saturated rings. The fourth-order valence-electron chi connectivity index (χ4n) is 1.78. The number of benzene rings is 1. The van der Waals surface area contributed by atoms with Gasteiger partial charge in [0.05, 0.1) is 21.1 Å². The van der Waals surface area contributed by atoms with E-state index in [1.165, 1.54) is 12.1 Å². The lowest BCUT2D eigenvalue weighted by atomic mass is 10.2. The predicted molar refractivity (Wildman–Crippen MR) is 98.8 cm³/mol. The van der Waals surface area contributed by atoms with E-state index in [1.54, 1.807) is 25.3 Å². The maximum atomic E-state index is 11.3. The summed E-state index contributed by atoms with van der Waals surface area (Å²) in [5, 5.41) is 23.1. The molecule has 0 aliphatic heterocycles. The van der Waals surface area contributed by atoms with Gasteiger partial charge in [0.25, 0.3) is 0 Å². The van der Waals surface area contributed by atoms with Crippen LogP contribution in [0.25, 0.3) is 0 Å². The van der Waals surface area contributed by atoms with Crippen molar-refractivity contribution in [2.45, 2.75) is 24.8 Å². The number of aromatic nitrogens is 2. The van der Waals surface area contributed by atoms with E-state index in [2.05, 4.69) is 41.7 Å². The number of nitrogens with one attached hydrogen (secondary N) is 2. The van der Waals surface area contributed by atoms with Crippen LogP contribution in [-0.2, 0) is 10.0 Å². The highest BCUT2D eigenvalue weighted by Crippen LogP contribution is 2.23. The van der Waals surface area contributed by atoms with E-state index in [-0.39, 0.29) is 10.9 Å². The number of sulfonamides is 1. The molecule has 0 radical (unpaired) electrons. The zero-order valence-corrected chi connectivity index (χ0v) is 15.8. The van der Waals surface area contributed by atoms with E-state index in [0.717, 1.165) is 0 Å². The average Bonchev–Trinajstić information content (AvgIpc) is 2.56. The van der Waals surface area contributed by atoms with Crippen molar-refractivity contribution in [3.05, 3.63) is 34.9 Å². The third-order valence-corrected chi connectivity index (χ3v) is 4.83. The number of nitrogens with zero attached hydrogens (tertiary/aromatic N) is 3. The minimum atomic E-state index is -3.74. The number of hydrogen-bond donors (Lipinski definition) is 4. The second-order valence-corrected chi connectivity index (χ2v) is 7.61. The summed E-state index contributed by atoms with van der Waals surface area (Å²) in [7, 11) is -3.74. The van der Waals surface area contributed by atoms with E-state index in [9.17, 15) is 8.42 Å². The van der Waals surface area contributed by atoms with Gasteiger partial charge in [0.2, 0.25) is 16.0 Å². The summed E-state index contributed by atoms with van der Waals surface area (Å²) < 4.78 is 23.2. The van der Waals surface area contributed by atoms with Gasteiger partial charge >= 0.3 is 0 Å². The molecular weight excluding hydrogens is 412 g/mol. The quantitative estimate of drug-likeness (QED) is 0.313. The molecule has 1 atom stereocenters. The number of nitrogens with two attached hydrogens (primary N) is 1. The van der Waals surface area contributed by atoms with Gasteiger partial charge in [-0.25, -0.2) is 18.5 Å². The normalized spacial score (nSPS) is 13.4. The number of anilines is 3. The number of oxime groups is 1. The van der Waals surface area contributed by atoms with Crippen molar-refractivity contribution in [2.24, 2.45) is 10.3 Å². The third kappa shape index (κ3) is 5.11. The van der Waals surface area contributed by atoms with Gasteiger partial charge in [0.15, 0.2) is 0 Å². The van der Waals surface area contributed by atoms with Crippen molar-refractivity contribution in [2.75, 3.05) is 10.6 Å². The molecule has 2 rings (SSSR count). The largest absolute Gasteiger partial charge is 0.411 e. The van der Waals surface area contributed by atoms with Gasteiger partial charge in [-0.3, -0.25) is 0 Å². The molecule has 9 nitrogen and oxygen atoms in total. The highest BCUT2D eigenvalue weighted by molar-refractivity contribution is 9.10. The Morgan fingerprint density at radius 2 is 2.00 bits per heavy atom. The molecule has 1 heterocycles. The summed E-state index contributed by atoms with van der Waals surface area (Å²) in [4.78, 5) is 8.50. The van der Waals surface area contributed by atoms with Gasteiger partial charge in [-0.15, -0.1) is 0 Å². The Balaban J connectivity index is 2.19. The summed E-state index contributed by atoms with van der Waals surface area (Å²) in [6.45, 7) is 3.50. The first-order valence-electron chi connectivity index (χ1n) is 7.08. The third-order valence-electron chi connectivity index (χ3n) is 3.32. The first-order chi connectivity index (χ1) is 11.7. The van der Waals surface area contributed by atoms with Gasteiger partial charge in [0, 0.05) is 11.9 Å². The predicted octanol–water partition coefficient (Wildman–Crippen LogP) is 2.28. The van der Waals surface area contributed by atoms with Gasteiger partial charge in [-0.1, -0.05) is 5.16 Å².